The van der Waals surface area contributed by atoms with Gasteiger partial charge in [0, 0.05) is 14.0 Å². The maximum atomic E-state index is 12.1. The third-order valence-electron chi connectivity index (χ3n) is 10.8. The molecule has 332 valence electrons. The summed E-state index contributed by atoms with van der Waals surface area (Å²) in [5.74, 6) is -0.703. The zero-order valence-electron chi connectivity index (χ0n) is 31.7. The fraction of sp³-hybridized carbons (Fsp3) is 0.970. The topological polar surface area (TPSA) is 364 Å². The molecule has 0 aromatic carbocycles. The molecule has 5 aliphatic heterocycles. The summed E-state index contributed by atoms with van der Waals surface area (Å²) in [5, 5.41) is 131. The van der Waals surface area contributed by atoms with E-state index in [2.05, 4.69) is 5.32 Å². The molecule has 24 heteroatoms. The van der Waals surface area contributed by atoms with E-state index in [0.717, 1.165) is 6.92 Å². The van der Waals surface area contributed by atoms with Gasteiger partial charge in [0.05, 0.1) is 31.5 Å². The lowest BCUT2D eigenvalue weighted by Crippen LogP contribution is -2.69. The Labute approximate surface area is 326 Å². The molecule has 0 aromatic heterocycles. The zero-order valence-corrected chi connectivity index (χ0v) is 31.7. The number of aliphatic hydroxyl groups excluding tert-OH is 12. The molecule has 0 spiro atoms. The lowest BCUT2D eigenvalue weighted by Gasteiger charge is -2.51. The first-order valence-electron chi connectivity index (χ1n) is 18.6. The Bertz CT molecular complexity index is 1290. The molecule has 5 rings (SSSR count). The summed E-state index contributed by atoms with van der Waals surface area (Å²) in [7, 11) is 1.23. The quantitative estimate of drug-likeness (QED) is 0.0868. The number of carbonyl (C=O) groups is 1. The molecule has 57 heavy (non-hydrogen) atoms. The van der Waals surface area contributed by atoms with E-state index in [1.54, 1.807) is 0 Å². The van der Waals surface area contributed by atoms with Crippen LogP contribution < -0.4 is 5.32 Å². The van der Waals surface area contributed by atoms with Gasteiger partial charge in [0.2, 0.25) is 5.91 Å². The van der Waals surface area contributed by atoms with Gasteiger partial charge >= 0.3 is 0 Å². The van der Waals surface area contributed by atoms with Gasteiger partial charge in [-0.15, -0.1) is 0 Å². The minimum absolute atomic E-state index is 0.703. The number of aliphatic hydroxyl groups is 12. The summed E-state index contributed by atoms with van der Waals surface area (Å²) in [5.41, 5.74) is 0. The molecule has 0 unspecified atom stereocenters. The number of hydrogen-bond acceptors (Lipinski definition) is 23. The van der Waals surface area contributed by atoms with Crippen molar-refractivity contribution in [3.63, 3.8) is 0 Å². The summed E-state index contributed by atoms with van der Waals surface area (Å²) >= 11 is 0. The highest BCUT2D eigenvalue weighted by molar-refractivity contribution is 5.73. The largest absolute Gasteiger partial charge is 0.394 e. The normalized spacial score (nSPS) is 52.3. The Morgan fingerprint density at radius 3 is 1.49 bits per heavy atom. The zero-order chi connectivity index (χ0) is 42.2. The van der Waals surface area contributed by atoms with Crippen molar-refractivity contribution >= 4 is 5.91 Å². The number of methoxy groups -OCH3 is 1. The van der Waals surface area contributed by atoms with Gasteiger partial charge in [0.1, 0.15) is 104 Å². The highest BCUT2D eigenvalue weighted by Crippen LogP contribution is 2.37. The van der Waals surface area contributed by atoms with Crippen molar-refractivity contribution in [2.75, 3.05) is 20.3 Å². The van der Waals surface area contributed by atoms with E-state index in [0.29, 0.717) is 0 Å². The van der Waals surface area contributed by atoms with Crippen molar-refractivity contribution in [3.05, 3.63) is 0 Å². The SMILES string of the molecule is CO[C@@H]1O[C@@H](C)[C@H](O)[C@@H](O[C@@H]2O[C@@H](C)[C@H](O)[C@@H](O[C@H]3O[C@H](CO)[C@@H](O)[C@H](O)[C@H]3O)[C@H]2O[C@@H]2O[C@@H](C)[C@H](O)[C@@H](O)[C@H]2O[C@@H]2O[C@H](CO)[C@@H](O)[C@H](O)[C@H]2NC(C)=O)[C@H]1O. The van der Waals surface area contributed by atoms with Crippen LogP contribution in [0.25, 0.3) is 0 Å². The summed E-state index contributed by atoms with van der Waals surface area (Å²) in [6.45, 7) is 3.63. The maximum absolute atomic E-state index is 12.1. The third kappa shape index (κ3) is 9.73. The number of rotatable bonds is 12. The highest BCUT2D eigenvalue weighted by atomic mass is 16.8. The van der Waals surface area contributed by atoms with Crippen LogP contribution in [0.15, 0.2) is 0 Å². The van der Waals surface area contributed by atoms with Crippen LogP contribution in [0.2, 0.25) is 0 Å². The van der Waals surface area contributed by atoms with Crippen molar-refractivity contribution in [1.29, 1.82) is 0 Å². The average molecular weight is 836 g/mol. The number of ether oxygens (including phenoxy) is 10. The van der Waals surface area contributed by atoms with Crippen LogP contribution in [0.3, 0.4) is 0 Å². The number of carbonyl (C=O) groups excluding carboxylic acids is 1. The lowest BCUT2D eigenvalue weighted by molar-refractivity contribution is -0.409. The average Bonchev–Trinajstić information content (AvgIpc) is 3.17. The van der Waals surface area contributed by atoms with Gasteiger partial charge in [-0.1, -0.05) is 0 Å². The second kappa shape index (κ2) is 19.5. The Balaban J connectivity index is 1.53. The first-order valence-corrected chi connectivity index (χ1v) is 18.6. The molecule has 0 bridgehead atoms. The molecule has 24 nitrogen and oxygen atoms in total. The fourth-order valence-corrected chi connectivity index (χ4v) is 7.39. The molecule has 5 aliphatic rings. The van der Waals surface area contributed by atoms with E-state index in [4.69, 9.17) is 47.4 Å². The summed E-state index contributed by atoms with van der Waals surface area (Å²) in [6.07, 6.45) is -39.6. The van der Waals surface area contributed by atoms with Gasteiger partial charge in [0.15, 0.2) is 31.5 Å². The Hall–Kier alpha value is -1.41. The monoisotopic (exact) mass is 835 g/mol. The van der Waals surface area contributed by atoms with Crippen molar-refractivity contribution in [2.45, 2.75) is 181 Å². The van der Waals surface area contributed by atoms with Gasteiger partial charge in [-0.3, -0.25) is 4.79 Å². The lowest BCUT2D eigenvalue weighted by atomic mass is 9.95. The van der Waals surface area contributed by atoms with Crippen molar-refractivity contribution in [1.82, 2.24) is 5.32 Å². The highest BCUT2D eigenvalue weighted by Gasteiger charge is 2.57. The van der Waals surface area contributed by atoms with Crippen LogP contribution in [-0.2, 0) is 52.2 Å². The first-order chi connectivity index (χ1) is 26.8. The van der Waals surface area contributed by atoms with Crippen molar-refractivity contribution in [2.24, 2.45) is 0 Å². The van der Waals surface area contributed by atoms with Gasteiger partial charge < -0.3 is 114 Å². The number of hydrogen-bond donors (Lipinski definition) is 13. The summed E-state index contributed by atoms with van der Waals surface area (Å²) in [4.78, 5) is 12.1. The van der Waals surface area contributed by atoms with Gasteiger partial charge in [-0.25, -0.2) is 0 Å². The molecule has 13 N–H and O–H groups in total. The Morgan fingerprint density at radius 1 is 0.474 bits per heavy atom. The standard InChI is InChI=1S/C33H57NO23/c1-8-15(38)22(45)27(56-29-14(34-11(4)37)20(43)18(41)12(6-35)52-29)32(50-8)57-28-26(55-31-23(46)21(44)19(42)13(7-36)53-31)17(40)10(3)51-33(28)54-25-16(39)9(2)49-30(48-5)24(25)47/h8-10,12-33,35-36,38-47H,6-7H2,1-5H3,(H,34,37)/t8-,9-,10-,12+,13+,14+,15-,16-,17-,18+,19+,20+,21-,22+,23+,24+,25+,26+,27+,28+,29-,30+,31+,32-,33-/m0/s1. The van der Waals surface area contributed by atoms with Crippen LogP contribution in [0.1, 0.15) is 27.7 Å². The molecule has 25 atom stereocenters. The predicted molar refractivity (Wildman–Crippen MR) is 179 cm³/mol. The van der Waals surface area contributed by atoms with E-state index in [1.165, 1.54) is 27.9 Å². The molecular weight excluding hydrogens is 778 g/mol. The summed E-state index contributed by atoms with van der Waals surface area (Å²) < 4.78 is 58.3. The molecule has 0 radical (unpaired) electrons. The molecule has 0 saturated carbocycles. The molecule has 5 heterocycles. The van der Waals surface area contributed by atoms with E-state index >= 15 is 0 Å². The number of amides is 1. The van der Waals surface area contributed by atoms with Gasteiger partial charge in [-0.2, -0.15) is 0 Å². The summed E-state index contributed by atoms with van der Waals surface area (Å²) in [6, 6.07) is -1.53. The molecule has 5 fully saturated rings. The molecule has 0 aliphatic carbocycles. The maximum Gasteiger partial charge on any atom is 0.217 e. The van der Waals surface area contributed by atoms with Crippen LogP contribution in [0.5, 0.6) is 0 Å². The minimum atomic E-state index is -1.98. The van der Waals surface area contributed by atoms with E-state index in [-0.39, 0.29) is 0 Å². The number of nitrogens with one attached hydrogen (secondary N) is 1. The van der Waals surface area contributed by atoms with Gasteiger partial charge in [0.25, 0.3) is 0 Å². The second-order valence-corrected chi connectivity index (χ2v) is 14.9. The van der Waals surface area contributed by atoms with Crippen molar-refractivity contribution < 1.29 is 113 Å². The van der Waals surface area contributed by atoms with Crippen LogP contribution in [-0.4, -0.2) is 241 Å². The first kappa shape index (κ1) is 46.7. The molecule has 0 aromatic rings. The Kier molecular flexibility index (Phi) is 16.0. The van der Waals surface area contributed by atoms with E-state index < -0.39 is 173 Å². The van der Waals surface area contributed by atoms with E-state index in [1.807, 2.05) is 0 Å². The fourth-order valence-electron chi connectivity index (χ4n) is 7.39. The molecular formula is C33H57NO23. The molecule has 5 saturated heterocycles. The van der Waals surface area contributed by atoms with Crippen LogP contribution >= 0.6 is 0 Å². The minimum Gasteiger partial charge on any atom is -0.394 e. The van der Waals surface area contributed by atoms with Crippen LogP contribution in [0, 0.1) is 0 Å². The second-order valence-electron chi connectivity index (χ2n) is 14.9. The Morgan fingerprint density at radius 2 is 0.930 bits per heavy atom. The predicted octanol–water partition coefficient (Wildman–Crippen LogP) is -8.04. The van der Waals surface area contributed by atoms with E-state index in [9.17, 15) is 66.1 Å². The third-order valence-corrected chi connectivity index (χ3v) is 10.8. The smallest absolute Gasteiger partial charge is 0.217 e. The molecule has 1 amide bonds. The van der Waals surface area contributed by atoms with Crippen LogP contribution in [0.4, 0.5) is 0 Å². The van der Waals surface area contributed by atoms with Crippen molar-refractivity contribution in [3.8, 4) is 0 Å². The van der Waals surface area contributed by atoms with Gasteiger partial charge in [-0.05, 0) is 20.8 Å².